The first kappa shape index (κ1) is 13.2. The van der Waals surface area contributed by atoms with Gasteiger partial charge in [0.25, 0.3) is 0 Å². The summed E-state index contributed by atoms with van der Waals surface area (Å²) in [5, 5.41) is 0. The molecule has 0 spiro atoms. The minimum atomic E-state index is -0.461. The van der Waals surface area contributed by atoms with Crippen molar-refractivity contribution in [2.24, 2.45) is 0 Å². The van der Waals surface area contributed by atoms with E-state index in [4.69, 9.17) is 4.74 Å². The molecule has 0 saturated heterocycles. The lowest BCUT2D eigenvalue weighted by Gasteiger charge is -2.27. The van der Waals surface area contributed by atoms with Crippen LogP contribution < -0.4 is 0 Å². The molecule has 2 aliphatic rings. The van der Waals surface area contributed by atoms with Crippen LogP contribution in [0, 0.1) is 13.8 Å². The van der Waals surface area contributed by atoms with Crippen molar-refractivity contribution in [3.63, 3.8) is 0 Å². The van der Waals surface area contributed by atoms with E-state index in [0.29, 0.717) is 0 Å². The highest BCUT2D eigenvalue weighted by atomic mass is 16.6. The maximum absolute atomic E-state index is 12.4. The predicted molar refractivity (Wildman–Crippen MR) is 78.6 cm³/mol. The molecule has 1 aromatic rings. The van der Waals surface area contributed by atoms with Crippen molar-refractivity contribution in [3.05, 3.63) is 46.5 Å². The fourth-order valence-corrected chi connectivity index (χ4v) is 2.99. The highest BCUT2D eigenvalue weighted by Crippen LogP contribution is 2.49. The molecule has 1 aromatic carbocycles. The third-order valence-electron chi connectivity index (χ3n) is 4.02. The average Bonchev–Trinajstić information content (AvgIpc) is 2.84. The summed E-state index contributed by atoms with van der Waals surface area (Å²) in [7, 11) is 0. The standard InChI is InChI=1S/C17H21NO2/c1-10-8-12-13(9-11(10)2)15-7-6-14(12)18(15)16(19)20-17(3,4)5/h6-9,14-15H,1-5H3/t14-,15+. The number of carbonyl (C=O) groups excluding carboxylic acids is 1. The zero-order chi connectivity index (χ0) is 14.7. The lowest BCUT2D eigenvalue weighted by Crippen LogP contribution is -2.35. The Kier molecular flexibility index (Phi) is 2.72. The molecule has 0 N–H and O–H groups in total. The molecule has 3 heteroatoms. The van der Waals surface area contributed by atoms with Gasteiger partial charge in [0.05, 0.1) is 12.1 Å². The quantitative estimate of drug-likeness (QED) is 0.662. The fourth-order valence-electron chi connectivity index (χ4n) is 2.99. The maximum Gasteiger partial charge on any atom is 0.411 e. The molecule has 0 saturated carbocycles. The van der Waals surface area contributed by atoms with Gasteiger partial charge in [-0.3, -0.25) is 4.90 Å². The molecule has 20 heavy (non-hydrogen) atoms. The molecular weight excluding hydrogens is 250 g/mol. The molecule has 0 fully saturated rings. The van der Waals surface area contributed by atoms with E-state index in [0.717, 1.165) is 0 Å². The summed E-state index contributed by atoms with van der Waals surface area (Å²) in [6, 6.07) is 4.47. The van der Waals surface area contributed by atoms with Gasteiger partial charge < -0.3 is 4.74 Å². The molecule has 1 amide bonds. The summed E-state index contributed by atoms with van der Waals surface area (Å²) in [4.78, 5) is 14.3. The minimum Gasteiger partial charge on any atom is -0.444 e. The Morgan fingerprint density at radius 1 is 1.05 bits per heavy atom. The Morgan fingerprint density at radius 2 is 1.50 bits per heavy atom. The Balaban J connectivity index is 1.94. The zero-order valence-electron chi connectivity index (χ0n) is 12.7. The van der Waals surface area contributed by atoms with Gasteiger partial charge in [0.2, 0.25) is 0 Å². The van der Waals surface area contributed by atoms with Gasteiger partial charge >= 0.3 is 6.09 Å². The van der Waals surface area contributed by atoms with E-state index in [1.165, 1.54) is 22.3 Å². The summed E-state index contributed by atoms with van der Waals surface area (Å²) in [6.07, 6.45) is 3.97. The Bertz CT molecular complexity index is 571. The van der Waals surface area contributed by atoms with Gasteiger partial charge in [-0.1, -0.05) is 24.3 Å². The molecule has 106 valence electrons. The van der Waals surface area contributed by atoms with E-state index >= 15 is 0 Å². The first-order valence-corrected chi connectivity index (χ1v) is 7.08. The van der Waals surface area contributed by atoms with Gasteiger partial charge in [0, 0.05) is 0 Å². The summed E-state index contributed by atoms with van der Waals surface area (Å²) >= 11 is 0. The molecule has 2 heterocycles. The van der Waals surface area contributed by atoms with Crippen molar-refractivity contribution < 1.29 is 9.53 Å². The summed E-state index contributed by atoms with van der Waals surface area (Å²) in [6.45, 7) is 9.93. The molecule has 2 atom stereocenters. The van der Waals surface area contributed by atoms with Crippen molar-refractivity contribution in [2.45, 2.75) is 52.3 Å². The van der Waals surface area contributed by atoms with E-state index in [-0.39, 0.29) is 18.2 Å². The maximum atomic E-state index is 12.4. The minimum absolute atomic E-state index is 0.0316. The molecule has 0 radical (unpaired) electrons. The first-order chi connectivity index (χ1) is 9.28. The third-order valence-corrected chi connectivity index (χ3v) is 4.02. The largest absolute Gasteiger partial charge is 0.444 e. The van der Waals surface area contributed by atoms with Gasteiger partial charge in [-0.25, -0.2) is 4.79 Å². The van der Waals surface area contributed by atoms with E-state index in [1.54, 1.807) is 0 Å². The van der Waals surface area contributed by atoms with Crippen LogP contribution in [0.25, 0.3) is 0 Å². The molecule has 0 unspecified atom stereocenters. The normalized spacial score (nSPS) is 23.1. The Labute approximate surface area is 120 Å². The number of benzene rings is 1. The summed E-state index contributed by atoms with van der Waals surface area (Å²) in [5.41, 5.74) is 4.57. The van der Waals surface area contributed by atoms with Gasteiger partial charge in [-0.2, -0.15) is 0 Å². The smallest absolute Gasteiger partial charge is 0.411 e. The van der Waals surface area contributed by atoms with Gasteiger partial charge in [0.1, 0.15) is 5.60 Å². The number of rotatable bonds is 0. The average molecular weight is 271 g/mol. The number of hydrogen-bond donors (Lipinski definition) is 0. The second-order valence-electron chi connectivity index (χ2n) is 6.73. The number of aryl methyl sites for hydroxylation is 2. The van der Waals surface area contributed by atoms with Crippen LogP contribution in [0.3, 0.4) is 0 Å². The SMILES string of the molecule is Cc1cc2c(cc1C)[C@@H]1C=C[C@H]2N1C(=O)OC(C)(C)C. The molecule has 2 aliphatic heterocycles. The molecule has 3 nitrogen and oxygen atoms in total. The van der Waals surface area contributed by atoms with Gasteiger partial charge in [-0.15, -0.1) is 0 Å². The number of carbonyl (C=O) groups is 1. The summed E-state index contributed by atoms with van der Waals surface area (Å²) in [5.74, 6) is 0. The molecule has 0 aromatic heterocycles. The first-order valence-electron chi connectivity index (χ1n) is 7.08. The summed E-state index contributed by atoms with van der Waals surface area (Å²) < 4.78 is 5.54. The number of nitrogens with zero attached hydrogens (tertiary/aromatic N) is 1. The van der Waals surface area contributed by atoms with Crippen molar-refractivity contribution in [1.82, 2.24) is 4.90 Å². The van der Waals surface area contributed by atoms with Gasteiger partial charge in [0.15, 0.2) is 0 Å². The second kappa shape index (κ2) is 4.11. The van der Waals surface area contributed by atoms with Crippen LogP contribution in [0.4, 0.5) is 4.79 Å². The molecule has 3 rings (SSSR count). The zero-order valence-corrected chi connectivity index (χ0v) is 12.7. The van der Waals surface area contributed by atoms with E-state index < -0.39 is 5.60 Å². The van der Waals surface area contributed by atoms with Crippen LogP contribution in [-0.4, -0.2) is 16.6 Å². The Morgan fingerprint density at radius 3 is 1.90 bits per heavy atom. The van der Waals surface area contributed by atoms with Crippen molar-refractivity contribution in [1.29, 1.82) is 0 Å². The van der Waals surface area contributed by atoms with E-state index in [9.17, 15) is 4.79 Å². The second-order valence-corrected chi connectivity index (χ2v) is 6.73. The van der Waals surface area contributed by atoms with Crippen molar-refractivity contribution in [2.75, 3.05) is 0 Å². The van der Waals surface area contributed by atoms with Crippen LogP contribution in [0.15, 0.2) is 24.3 Å². The van der Waals surface area contributed by atoms with Crippen LogP contribution >= 0.6 is 0 Å². The number of hydrogen-bond acceptors (Lipinski definition) is 2. The monoisotopic (exact) mass is 271 g/mol. The predicted octanol–water partition coefficient (Wildman–Crippen LogP) is 4.21. The fraction of sp³-hybridized carbons (Fsp3) is 0.471. The topological polar surface area (TPSA) is 29.5 Å². The third kappa shape index (κ3) is 1.92. The van der Waals surface area contributed by atoms with Crippen molar-refractivity contribution in [3.8, 4) is 0 Å². The van der Waals surface area contributed by atoms with Crippen LogP contribution in [0.5, 0.6) is 0 Å². The highest BCUT2D eigenvalue weighted by Gasteiger charge is 2.44. The molecule has 2 bridgehead atoms. The van der Waals surface area contributed by atoms with E-state index in [2.05, 4.69) is 38.1 Å². The van der Waals surface area contributed by atoms with Crippen molar-refractivity contribution >= 4 is 6.09 Å². The Hall–Kier alpha value is -1.77. The van der Waals surface area contributed by atoms with Crippen LogP contribution in [0.1, 0.15) is 55.1 Å². The number of fused-ring (bicyclic) bond motifs is 5. The van der Waals surface area contributed by atoms with Crippen LogP contribution in [0.2, 0.25) is 0 Å². The lowest BCUT2D eigenvalue weighted by molar-refractivity contribution is 0.0196. The highest BCUT2D eigenvalue weighted by molar-refractivity contribution is 5.74. The van der Waals surface area contributed by atoms with Gasteiger partial charge in [-0.05, 0) is 56.9 Å². The molecular formula is C17H21NO2. The number of ether oxygens (including phenoxy) is 1. The lowest BCUT2D eigenvalue weighted by atomic mass is 9.93. The number of amides is 1. The van der Waals surface area contributed by atoms with Crippen LogP contribution in [-0.2, 0) is 4.74 Å². The van der Waals surface area contributed by atoms with E-state index in [1.807, 2.05) is 25.7 Å². The molecule has 0 aliphatic carbocycles.